The van der Waals surface area contributed by atoms with Gasteiger partial charge in [0.2, 0.25) is 0 Å². The molecule has 0 fully saturated rings. The summed E-state index contributed by atoms with van der Waals surface area (Å²) in [5.74, 6) is -0.847. The molecule has 0 radical (unpaired) electrons. The van der Waals surface area contributed by atoms with Crippen LogP contribution in [0.5, 0.6) is 0 Å². The van der Waals surface area contributed by atoms with Crippen LogP contribution in [0.3, 0.4) is 0 Å². The minimum absolute atomic E-state index is 0.162. The Morgan fingerprint density at radius 3 is 2.57 bits per heavy atom. The first kappa shape index (κ1) is 27.7. The molecular weight excluding hydrogens is 500 g/mol. The number of carbonyl (C=O) groups is 3. The molecule has 37 heavy (non-hydrogen) atoms. The van der Waals surface area contributed by atoms with Gasteiger partial charge in [-0.25, -0.2) is 9.59 Å². The number of halogens is 1. The maximum Gasteiger partial charge on any atom is 0.338 e. The highest BCUT2D eigenvalue weighted by atomic mass is 35.5. The first-order valence-electron chi connectivity index (χ1n) is 11.7. The van der Waals surface area contributed by atoms with Gasteiger partial charge >= 0.3 is 12.0 Å². The van der Waals surface area contributed by atoms with E-state index in [9.17, 15) is 24.5 Å². The Hall–Kier alpha value is -3.92. The van der Waals surface area contributed by atoms with Crippen molar-refractivity contribution >= 4 is 35.2 Å². The molecule has 0 spiro atoms. The van der Waals surface area contributed by atoms with Crippen molar-refractivity contribution in [1.82, 2.24) is 15.1 Å². The fourth-order valence-corrected chi connectivity index (χ4v) is 4.32. The third-order valence-electron chi connectivity index (χ3n) is 5.81. The van der Waals surface area contributed by atoms with Crippen LogP contribution in [0.2, 0.25) is 5.02 Å². The van der Waals surface area contributed by atoms with Crippen LogP contribution in [0, 0.1) is 10.1 Å². The van der Waals surface area contributed by atoms with Crippen LogP contribution in [0.15, 0.2) is 59.8 Å². The largest absolute Gasteiger partial charge is 0.459 e. The van der Waals surface area contributed by atoms with Crippen LogP contribution in [0.25, 0.3) is 0 Å². The first-order chi connectivity index (χ1) is 17.5. The number of rotatable bonds is 9. The Balaban J connectivity index is 1.88. The molecule has 3 rings (SSSR count). The van der Waals surface area contributed by atoms with Gasteiger partial charge < -0.3 is 19.9 Å². The smallest absolute Gasteiger partial charge is 0.338 e. The molecule has 1 heterocycles. The fraction of sp³-hybridized carbons (Fsp3) is 0.346. The number of hydrogen-bond donors (Lipinski definition) is 1. The number of esters is 1. The molecule has 2 aromatic rings. The van der Waals surface area contributed by atoms with E-state index in [4.69, 9.17) is 16.3 Å². The van der Waals surface area contributed by atoms with Gasteiger partial charge in [-0.1, -0.05) is 29.8 Å². The highest BCUT2D eigenvalue weighted by molar-refractivity contribution is 6.30. The number of hydrogen-bond acceptors (Lipinski definition) is 6. The van der Waals surface area contributed by atoms with Crippen LogP contribution < -0.4 is 5.32 Å². The van der Waals surface area contributed by atoms with Gasteiger partial charge in [-0.15, -0.1) is 0 Å². The number of allylic oxidation sites excluding steroid dienone is 1. The Morgan fingerprint density at radius 2 is 1.92 bits per heavy atom. The zero-order valence-corrected chi connectivity index (χ0v) is 21.8. The molecule has 196 valence electrons. The molecule has 2 aromatic carbocycles. The van der Waals surface area contributed by atoms with Gasteiger partial charge in [0.05, 0.1) is 22.6 Å². The number of nitro groups is 1. The van der Waals surface area contributed by atoms with Gasteiger partial charge in [-0.2, -0.15) is 0 Å². The number of nitrogens with zero attached hydrogens (tertiary/aromatic N) is 3. The average Bonchev–Trinajstić information content (AvgIpc) is 2.83. The maximum atomic E-state index is 13.1. The molecule has 11 heteroatoms. The summed E-state index contributed by atoms with van der Waals surface area (Å²) in [4.78, 5) is 52.7. The van der Waals surface area contributed by atoms with Crippen LogP contribution >= 0.6 is 11.6 Å². The van der Waals surface area contributed by atoms with Crippen LogP contribution in [0.1, 0.15) is 49.2 Å². The molecule has 1 N–H and O–H groups in total. The van der Waals surface area contributed by atoms with E-state index in [1.807, 2.05) is 0 Å². The first-order valence-corrected chi connectivity index (χ1v) is 12.1. The second-order valence-corrected chi connectivity index (χ2v) is 9.40. The van der Waals surface area contributed by atoms with Crippen molar-refractivity contribution in [1.29, 1.82) is 0 Å². The van der Waals surface area contributed by atoms with Gasteiger partial charge in [-0.05, 0) is 51.0 Å². The summed E-state index contributed by atoms with van der Waals surface area (Å²) in [5.41, 5.74) is 1.19. The number of benzene rings is 2. The van der Waals surface area contributed by atoms with Crippen molar-refractivity contribution in [2.24, 2.45) is 0 Å². The van der Waals surface area contributed by atoms with Crippen molar-refractivity contribution in [3.05, 3.63) is 86.1 Å². The lowest BCUT2D eigenvalue weighted by Crippen LogP contribution is -2.49. The normalized spacial score (nSPS) is 15.5. The molecule has 10 nitrogen and oxygen atoms in total. The maximum absolute atomic E-state index is 13.1. The highest BCUT2D eigenvalue weighted by Gasteiger charge is 2.39. The number of non-ortho nitro benzene ring substituents is 1. The Kier molecular flexibility index (Phi) is 8.88. The van der Waals surface area contributed by atoms with E-state index in [1.165, 1.54) is 28.0 Å². The lowest BCUT2D eigenvalue weighted by Gasteiger charge is -2.38. The third kappa shape index (κ3) is 6.65. The molecule has 1 atom stereocenters. The summed E-state index contributed by atoms with van der Waals surface area (Å²) in [6.45, 7) is 5.49. The van der Waals surface area contributed by atoms with Crippen LogP contribution in [-0.4, -0.2) is 58.9 Å². The molecule has 0 bridgehead atoms. The predicted molar refractivity (Wildman–Crippen MR) is 138 cm³/mol. The average molecular weight is 529 g/mol. The molecule has 3 amide bonds. The second-order valence-electron chi connectivity index (χ2n) is 8.96. The lowest BCUT2D eigenvalue weighted by molar-refractivity contribution is -0.384. The van der Waals surface area contributed by atoms with E-state index in [0.29, 0.717) is 34.8 Å². The van der Waals surface area contributed by atoms with Gasteiger partial charge in [0.1, 0.15) is 0 Å². The number of ether oxygens (including phenoxy) is 1. The number of urea groups is 1. The van der Waals surface area contributed by atoms with E-state index < -0.39 is 29.1 Å². The summed E-state index contributed by atoms with van der Waals surface area (Å²) in [7, 11) is 1.65. The van der Waals surface area contributed by atoms with Crippen molar-refractivity contribution in [3.8, 4) is 0 Å². The van der Waals surface area contributed by atoms with Crippen LogP contribution in [-0.2, 0) is 9.53 Å². The lowest BCUT2D eigenvalue weighted by atomic mass is 9.93. The van der Waals surface area contributed by atoms with E-state index in [-0.39, 0.29) is 23.7 Å². The Morgan fingerprint density at radius 1 is 1.22 bits per heavy atom. The van der Waals surface area contributed by atoms with Gasteiger partial charge in [0.15, 0.2) is 0 Å². The summed E-state index contributed by atoms with van der Waals surface area (Å²) >= 11 is 6.00. The quantitative estimate of drug-likeness (QED) is 0.286. The molecule has 0 saturated carbocycles. The van der Waals surface area contributed by atoms with E-state index in [1.54, 1.807) is 58.2 Å². The predicted octanol–water partition coefficient (Wildman–Crippen LogP) is 4.70. The number of nitro benzene ring substituents is 1. The standard InChI is InChI=1S/C26H29ClN4O6/c1-16(2)37-25(33)22-17(3)28-26(34)30(23(22)18-8-6-11-21(15-18)31(35)36)13-7-12-29(4)24(32)19-9-5-10-20(27)14-19/h5-6,8-11,14-16,23H,7,12-13H2,1-4H3,(H,28,34). The highest BCUT2D eigenvalue weighted by Crippen LogP contribution is 2.36. The van der Waals surface area contributed by atoms with E-state index >= 15 is 0 Å². The molecule has 0 aliphatic carbocycles. The molecule has 1 aliphatic heterocycles. The number of carbonyl (C=O) groups excluding carboxylic acids is 3. The summed E-state index contributed by atoms with van der Waals surface area (Å²) in [5, 5.41) is 14.6. The second kappa shape index (κ2) is 11.9. The minimum atomic E-state index is -0.908. The van der Waals surface area contributed by atoms with Gasteiger partial charge in [-0.3, -0.25) is 14.9 Å². The third-order valence-corrected chi connectivity index (χ3v) is 6.05. The minimum Gasteiger partial charge on any atom is -0.459 e. The van der Waals surface area contributed by atoms with Gasteiger partial charge in [0.25, 0.3) is 11.6 Å². The van der Waals surface area contributed by atoms with Crippen LogP contribution in [0.4, 0.5) is 10.5 Å². The van der Waals surface area contributed by atoms with Crippen molar-refractivity contribution in [2.45, 2.75) is 39.3 Å². The Bertz CT molecular complexity index is 1250. The van der Waals surface area contributed by atoms with E-state index in [2.05, 4.69) is 5.32 Å². The summed E-state index contributed by atoms with van der Waals surface area (Å²) in [6.07, 6.45) is -0.0245. The molecule has 0 saturated heterocycles. The monoisotopic (exact) mass is 528 g/mol. The summed E-state index contributed by atoms with van der Waals surface area (Å²) in [6, 6.07) is 11.1. The van der Waals surface area contributed by atoms with E-state index in [0.717, 1.165) is 0 Å². The number of amides is 3. The molecule has 1 unspecified atom stereocenters. The molecule has 1 aliphatic rings. The van der Waals surface area contributed by atoms with Crippen molar-refractivity contribution in [3.63, 3.8) is 0 Å². The SMILES string of the molecule is CC1=C(C(=O)OC(C)C)C(c2cccc([N+](=O)[O-])c2)N(CCCN(C)C(=O)c2cccc(Cl)c2)C(=O)N1. The zero-order valence-electron chi connectivity index (χ0n) is 21.1. The number of nitrogens with one attached hydrogen (secondary N) is 1. The van der Waals surface area contributed by atoms with Gasteiger partial charge in [0, 0.05) is 48.6 Å². The topological polar surface area (TPSA) is 122 Å². The summed E-state index contributed by atoms with van der Waals surface area (Å²) < 4.78 is 5.43. The Labute approximate surface area is 220 Å². The fourth-order valence-electron chi connectivity index (χ4n) is 4.13. The zero-order chi connectivity index (χ0) is 27.3. The molecule has 0 aromatic heterocycles. The van der Waals surface area contributed by atoms with Crippen molar-refractivity contribution in [2.75, 3.05) is 20.1 Å². The molecular formula is C26H29ClN4O6. The van der Waals surface area contributed by atoms with Crippen molar-refractivity contribution < 1.29 is 24.0 Å².